The first-order valence-electron chi connectivity index (χ1n) is 6.30. The summed E-state index contributed by atoms with van der Waals surface area (Å²) in [5.41, 5.74) is 1.09. The number of halogens is 1. The van der Waals surface area contributed by atoms with Crippen LogP contribution in [0.3, 0.4) is 0 Å². The van der Waals surface area contributed by atoms with Gasteiger partial charge in [0, 0.05) is 24.4 Å². The monoisotopic (exact) mass is 319 g/mol. The molecule has 1 heterocycles. The molecule has 0 spiro atoms. The number of ether oxygens (including phenoxy) is 2. The molecule has 0 saturated carbocycles. The van der Waals surface area contributed by atoms with Crippen molar-refractivity contribution in [1.82, 2.24) is 9.97 Å². The minimum absolute atomic E-state index is 0.332. The van der Waals surface area contributed by atoms with Gasteiger partial charge in [-0.2, -0.15) is 0 Å². The van der Waals surface area contributed by atoms with Gasteiger partial charge in [-0.1, -0.05) is 11.6 Å². The lowest BCUT2D eigenvalue weighted by Gasteiger charge is -2.12. The van der Waals surface area contributed by atoms with Gasteiger partial charge in [0.05, 0.1) is 30.6 Å². The fourth-order valence-electron chi connectivity index (χ4n) is 1.69. The number of methoxy groups -OCH3 is 2. The van der Waals surface area contributed by atoms with Crippen LogP contribution >= 0.6 is 11.6 Å². The molecule has 1 aromatic heterocycles. The largest absolute Gasteiger partial charge is 0.495 e. The third-order valence-electron chi connectivity index (χ3n) is 2.74. The molecule has 22 heavy (non-hydrogen) atoms. The Morgan fingerprint density at radius 3 is 2.68 bits per heavy atom. The SMILES string of the molecule is COc1cc(NC(=O)/C=C/c2ccncn2)c(OC)cc1Cl. The van der Waals surface area contributed by atoms with Crippen molar-refractivity contribution in [1.29, 1.82) is 0 Å². The number of hydrogen-bond donors (Lipinski definition) is 1. The molecule has 0 aliphatic rings. The molecule has 0 fully saturated rings. The van der Waals surface area contributed by atoms with Gasteiger partial charge in [-0.05, 0) is 12.1 Å². The highest BCUT2D eigenvalue weighted by Crippen LogP contribution is 2.35. The second kappa shape index (κ2) is 7.42. The number of nitrogens with zero attached hydrogens (tertiary/aromatic N) is 2. The number of anilines is 1. The molecule has 0 aliphatic carbocycles. The molecule has 0 aliphatic heterocycles. The molecule has 0 radical (unpaired) electrons. The summed E-state index contributed by atoms with van der Waals surface area (Å²) in [5.74, 6) is 0.549. The molecule has 0 atom stereocenters. The van der Waals surface area contributed by atoms with Crippen molar-refractivity contribution in [3.63, 3.8) is 0 Å². The highest BCUT2D eigenvalue weighted by Gasteiger charge is 2.11. The van der Waals surface area contributed by atoms with E-state index in [1.54, 1.807) is 30.5 Å². The third kappa shape index (κ3) is 3.95. The fraction of sp³-hybridized carbons (Fsp3) is 0.133. The van der Waals surface area contributed by atoms with Crippen molar-refractivity contribution < 1.29 is 14.3 Å². The van der Waals surface area contributed by atoms with E-state index in [1.165, 1.54) is 26.6 Å². The van der Waals surface area contributed by atoms with Gasteiger partial charge in [-0.3, -0.25) is 4.79 Å². The Hall–Kier alpha value is -2.60. The van der Waals surface area contributed by atoms with Gasteiger partial charge in [-0.15, -0.1) is 0 Å². The second-order valence-corrected chi connectivity index (χ2v) is 4.55. The topological polar surface area (TPSA) is 73.3 Å². The van der Waals surface area contributed by atoms with Crippen molar-refractivity contribution in [2.75, 3.05) is 19.5 Å². The maximum atomic E-state index is 12.0. The van der Waals surface area contributed by atoms with Crippen molar-refractivity contribution in [3.05, 3.63) is 47.5 Å². The van der Waals surface area contributed by atoms with Crippen LogP contribution in [-0.2, 0) is 4.79 Å². The van der Waals surface area contributed by atoms with Gasteiger partial charge < -0.3 is 14.8 Å². The quantitative estimate of drug-likeness (QED) is 0.858. The number of amides is 1. The van der Waals surface area contributed by atoms with Crippen LogP contribution in [-0.4, -0.2) is 30.1 Å². The van der Waals surface area contributed by atoms with E-state index in [0.29, 0.717) is 27.9 Å². The maximum Gasteiger partial charge on any atom is 0.248 e. The van der Waals surface area contributed by atoms with E-state index in [-0.39, 0.29) is 5.91 Å². The summed E-state index contributed by atoms with van der Waals surface area (Å²) in [4.78, 5) is 19.8. The van der Waals surface area contributed by atoms with Crippen LogP contribution in [0.15, 0.2) is 36.8 Å². The standard InChI is InChI=1S/C15H14ClN3O3/c1-21-13-8-12(14(22-2)7-11(13)16)19-15(20)4-3-10-5-6-17-9-18-10/h3-9H,1-2H3,(H,19,20)/b4-3+. The number of benzene rings is 1. The van der Waals surface area contributed by atoms with E-state index in [0.717, 1.165) is 0 Å². The zero-order valence-corrected chi connectivity index (χ0v) is 12.8. The molecule has 1 N–H and O–H groups in total. The van der Waals surface area contributed by atoms with E-state index in [4.69, 9.17) is 21.1 Å². The summed E-state index contributed by atoms with van der Waals surface area (Å²) in [7, 11) is 2.98. The van der Waals surface area contributed by atoms with Crippen molar-refractivity contribution in [3.8, 4) is 11.5 Å². The third-order valence-corrected chi connectivity index (χ3v) is 3.04. The predicted octanol–water partition coefficient (Wildman–Crippen LogP) is 2.80. The average Bonchev–Trinajstić information content (AvgIpc) is 2.55. The molecule has 114 valence electrons. The van der Waals surface area contributed by atoms with Crippen LogP contribution in [0.25, 0.3) is 6.08 Å². The molecule has 6 nitrogen and oxygen atoms in total. The number of carbonyl (C=O) groups is 1. The minimum atomic E-state index is -0.332. The van der Waals surface area contributed by atoms with Gasteiger partial charge >= 0.3 is 0 Å². The first-order valence-corrected chi connectivity index (χ1v) is 6.68. The van der Waals surface area contributed by atoms with Crippen LogP contribution in [0.5, 0.6) is 11.5 Å². The molecule has 2 aromatic rings. The summed E-state index contributed by atoms with van der Waals surface area (Å²) < 4.78 is 10.3. The number of aromatic nitrogens is 2. The molecular formula is C15H14ClN3O3. The van der Waals surface area contributed by atoms with Gasteiger partial charge in [0.15, 0.2) is 0 Å². The molecule has 0 bridgehead atoms. The van der Waals surface area contributed by atoms with E-state index in [9.17, 15) is 4.79 Å². The van der Waals surface area contributed by atoms with Crippen LogP contribution in [0.4, 0.5) is 5.69 Å². The first-order chi connectivity index (χ1) is 10.6. The highest BCUT2D eigenvalue weighted by molar-refractivity contribution is 6.32. The summed E-state index contributed by atoms with van der Waals surface area (Å²) in [5, 5.41) is 3.10. The molecule has 2 rings (SSSR count). The molecule has 1 amide bonds. The number of carbonyl (C=O) groups excluding carboxylic acids is 1. The highest BCUT2D eigenvalue weighted by atomic mass is 35.5. The lowest BCUT2D eigenvalue weighted by Crippen LogP contribution is -2.09. The Bertz CT molecular complexity index is 690. The molecule has 0 unspecified atom stereocenters. The number of nitrogens with one attached hydrogen (secondary N) is 1. The van der Waals surface area contributed by atoms with E-state index < -0.39 is 0 Å². The lowest BCUT2D eigenvalue weighted by molar-refractivity contribution is -0.111. The van der Waals surface area contributed by atoms with Gasteiger partial charge in [0.1, 0.15) is 17.8 Å². The molecule has 1 aromatic carbocycles. The smallest absolute Gasteiger partial charge is 0.248 e. The maximum absolute atomic E-state index is 12.0. The zero-order chi connectivity index (χ0) is 15.9. The Morgan fingerprint density at radius 1 is 1.27 bits per heavy atom. The van der Waals surface area contributed by atoms with Gasteiger partial charge in [-0.25, -0.2) is 9.97 Å². The Kier molecular flexibility index (Phi) is 5.32. The summed E-state index contributed by atoms with van der Waals surface area (Å²) in [6, 6.07) is 4.86. The molecule has 7 heteroatoms. The number of rotatable bonds is 5. The van der Waals surface area contributed by atoms with Crippen LogP contribution < -0.4 is 14.8 Å². The minimum Gasteiger partial charge on any atom is -0.495 e. The van der Waals surface area contributed by atoms with Gasteiger partial charge in [0.2, 0.25) is 5.91 Å². The van der Waals surface area contributed by atoms with Crippen molar-refractivity contribution in [2.45, 2.75) is 0 Å². The Balaban J connectivity index is 2.16. The average molecular weight is 320 g/mol. The van der Waals surface area contributed by atoms with E-state index >= 15 is 0 Å². The van der Waals surface area contributed by atoms with Crippen molar-refractivity contribution >= 4 is 29.3 Å². The summed E-state index contributed by atoms with van der Waals surface area (Å²) in [6.07, 6.45) is 5.95. The predicted molar refractivity (Wildman–Crippen MR) is 84.3 cm³/mol. The molecular weight excluding hydrogens is 306 g/mol. The van der Waals surface area contributed by atoms with Gasteiger partial charge in [0.25, 0.3) is 0 Å². The normalized spacial score (nSPS) is 10.5. The second-order valence-electron chi connectivity index (χ2n) is 4.14. The Morgan fingerprint density at radius 2 is 2.05 bits per heavy atom. The Labute approximate surface area is 132 Å². The summed E-state index contributed by atoms with van der Waals surface area (Å²) >= 11 is 6.01. The van der Waals surface area contributed by atoms with Crippen LogP contribution in [0.1, 0.15) is 5.69 Å². The lowest BCUT2D eigenvalue weighted by atomic mass is 10.2. The molecule has 0 saturated heterocycles. The fourth-order valence-corrected chi connectivity index (χ4v) is 1.92. The first kappa shape index (κ1) is 15.8. The van der Waals surface area contributed by atoms with Crippen molar-refractivity contribution in [2.24, 2.45) is 0 Å². The van der Waals surface area contributed by atoms with Crippen LogP contribution in [0.2, 0.25) is 5.02 Å². The van der Waals surface area contributed by atoms with Crippen LogP contribution in [0, 0.1) is 0 Å². The van der Waals surface area contributed by atoms with E-state index in [1.807, 2.05) is 0 Å². The zero-order valence-electron chi connectivity index (χ0n) is 12.0. The number of hydrogen-bond acceptors (Lipinski definition) is 5. The summed E-state index contributed by atoms with van der Waals surface area (Å²) in [6.45, 7) is 0. The van der Waals surface area contributed by atoms with E-state index in [2.05, 4.69) is 15.3 Å².